The van der Waals surface area contributed by atoms with Crippen LogP contribution in [0.4, 0.5) is 0 Å². The van der Waals surface area contributed by atoms with Crippen molar-refractivity contribution in [1.29, 1.82) is 0 Å². The molecule has 0 saturated heterocycles. The molecule has 0 fully saturated rings. The summed E-state index contributed by atoms with van der Waals surface area (Å²) >= 11 is 0. The Labute approximate surface area is 67.6 Å². The maximum absolute atomic E-state index is 5.76. The molecule has 0 aromatic carbocycles. The maximum Gasteiger partial charge on any atom is 0.126 e. The van der Waals surface area contributed by atoms with E-state index in [1.807, 2.05) is 0 Å². The number of ether oxygens (including phenoxy) is 1. The minimum atomic E-state index is -0.252. The Morgan fingerprint density at radius 1 is 1.55 bits per heavy atom. The lowest BCUT2D eigenvalue weighted by Gasteiger charge is -2.33. The Hall–Kier alpha value is -0.570. The molecule has 2 N–H and O–H groups in total. The zero-order chi connectivity index (χ0) is 8.32. The Balaban J connectivity index is 2.79. The molecule has 11 heavy (non-hydrogen) atoms. The normalized spacial score (nSPS) is 22.9. The smallest absolute Gasteiger partial charge is 0.126 e. The number of hydrogen-bond acceptors (Lipinski definition) is 3. The van der Waals surface area contributed by atoms with Gasteiger partial charge in [0.15, 0.2) is 0 Å². The number of nitrogens with zero attached hydrogens (tertiary/aromatic N) is 1. The van der Waals surface area contributed by atoms with Gasteiger partial charge in [-0.25, -0.2) is 0 Å². The fraction of sp³-hybridized carbons (Fsp3) is 0.875. The number of aliphatic imine (C=N–C) groups is 1. The molecule has 0 aliphatic carbocycles. The first-order valence-corrected chi connectivity index (χ1v) is 4.19. The third kappa shape index (κ3) is 1.38. The zero-order valence-corrected chi connectivity index (χ0v) is 7.26. The van der Waals surface area contributed by atoms with Crippen LogP contribution in [0.5, 0.6) is 0 Å². The van der Waals surface area contributed by atoms with Crippen molar-refractivity contribution in [3.05, 3.63) is 0 Å². The van der Waals surface area contributed by atoms with Gasteiger partial charge >= 0.3 is 0 Å². The summed E-state index contributed by atoms with van der Waals surface area (Å²) in [4.78, 5) is 4.19. The fourth-order valence-corrected chi connectivity index (χ4v) is 1.44. The number of nitrogens with two attached hydrogens (primary N) is 1. The predicted octanol–water partition coefficient (Wildman–Crippen LogP) is 0.933. The largest absolute Gasteiger partial charge is 0.385 e. The van der Waals surface area contributed by atoms with Crippen molar-refractivity contribution in [3.8, 4) is 0 Å². The zero-order valence-electron chi connectivity index (χ0n) is 7.26. The van der Waals surface area contributed by atoms with Crippen LogP contribution in [0.3, 0.4) is 0 Å². The molecule has 0 aromatic rings. The third-order valence-corrected chi connectivity index (χ3v) is 2.36. The number of hydrogen-bond donors (Lipinski definition) is 1. The van der Waals surface area contributed by atoms with Gasteiger partial charge in [0.05, 0.1) is 13.2 Å². The van der Waals surface area contributed by atoms with Gasteiger partial charge in [0.25, 0.3) is 0 Å². The molecular formula is C8H16N2O. The summed E-state index contributed by atoms with van der Waals surface area (Å²) in [5.74, 6) is 0.675. The van der Waals surface area contributed by atoms with Gasteiger partial charge in [0, 0.05) is 0 Å². The topological polar surface area (TPSA) is 47.6 Å². The molecule has 0 unspecified atom stereocenters. The molecule has 1 aliphatic heterocycles. The number of amidine groups is 1. The highest BCUT2D eigenvalue weighted by Gasteiger charge is 2.33. The van der Waals surface area contributed by atoms with Crippen molar-refractivity contribution in [2.75, 3.05) is 13.2 Å². The molecule has 0 amide bonds. The van der Waals surface area contributed by atoms with Gasteiger partial charge in [0.1, 0.15) is 11.4 Å². The van der Waals surface area contributed by atoms with Gasteiger partial charge in [-0.15, -0.1) is 0 Å². The van der Waals surface area contributed by atoms with Crippen LogP contribution >= 0.6 is 0 Å². The summed E-state index contributed by atoms with van der Waals surface area (Å²) in [7, 11) is 0. The minimum absolute atomic E-state index is 0.252. The summed E-state index contributed by atoms with van der Waals surface area (Å²) in [6, 6.07) is 0. The molecule has 3 heteroatoms. The van der Waals surface area contributed by atoms with Crippen LogP contribution in [-0.4, -0.2) is 24.6 Å². The summed E-state index contributed by atoms with van der Waals surface area (Å²) < 4.78 is 5.62. The van der Waals surface area contributed by atoms with E-state index in [1.54, 1.807) is 0 Å². The van der Waals surface area contributed by atoms with Crippen LogP contribution in [0.1, 0.15) is 26.7 Å². The molecule has 0 aromatic heterocycles. The van der Waals surface area contributed by atoms with Crippen LogP contribution in [0.15, 0.2) is 4.99 Å². The molecule has 3 nitrogen and oxygen atoms in total. The van der Waals surface area contributed by atoms with E-state index in [9.17, 15) is 0 Å². The monoisotopic (exact) mass is 156 g/mol. The van der Waals surface area contributed by atoms with Crippen molar-refractivity contribution >= 4 is 5.84 Å². The van der Waals surface area contributed by atoms with Gasteiger partial charge in [0.2, 0.25) is 0 Å². The van der Waals surface area contributed by atoms with E-state index < -0.39 is 0 Å². The van der Waals surface area contributed by atoms with Crippen molar-refractivity contribution < 1.29 is 4.74 Å². The second kappa shape index (κ2) is 3.22. The van der Waals surface area contributed by atoms with Crippen LogP contribution in [0, 0.1) is 0 Å². The molecule has 0 saturated carbocycles. The molecule has 0 spiro atoms. The third-order valence-electron chi connectivity index (χ3n) is 2.36. The molecule has 1 aliphatic rings. The van der Waals surface area contributed by atoms with E-state index in [2.05, 4.69) is 18.8 Å². The number of rotatable bonds is 2. The van der Waals surface area contributed by atoms with E-state index in [0.717, 1.165) is 12.8 Å². The molecule has 1 rings (SSSR count). The molecular weight excluding hydrogens is 140 g/mol. The summed E-state index contributed by atoms with van der Waals surface area (Å²) in [5, 5.41) is 0. The standard InChI is InChI=1S/C8H16N2O/c1-3-8(4-2)7(9)10-5-6-11-8/h3-6H2,1-2H3,(H2,9,10). The first-order chi connectivity index (χ1) is 5.25. The van der Waals surface area contributed by atoms with Gasteiger partial charge in [-0.1, -0.05) is 13.8 Å². The average Bonchev–Trinajstić information content (AvgIpc) is 2.06. The highest BCUT2D eigenvalue weighted by molar-refractivity contribution is 5.89. The van der Waals surface area contributed by atoms with E-state index in [-0.39, 0.29) is 5.60 Å². The maximum atomic E-state index is 5.76. The van der Waals surface area contributed by atoms with Gasteiger partial charge in [-0.05, 0) is 12.8 Å². The van der Waals surface area contributed by atoms with Crippen molar-refractivity contribution in [2.24, 2.45) is 10.7 Å². The molecule has 64 valence electrons. The lowest BCUT2D eigenvalue weighted by Crippen LogP contribution is -2.48. The summed E-state index contributed by atoms with van der Waals surface area (Å²) in [6.07, 6.45) is 1.83. The lowest BCUT2D eigenvalue weighted by molar-refractivity contribution is -0.00288. The molecule has 0 atom stereocenters. The first-order valence-electron chi connectivity index (χ1n) is 4.19. The Morgan fingerprint density at radius 3 is 2.55 bits per heavy atom. The Bertz CT molecular complexity index is 161. The molecule has 0 radical (unpaired) electrons. The minimum Gasteiger partial charge on any atom is -0.385 e. The second-order valence-electron chi connectivity index (χ2n) is 2.82. The molecule has 0 bridgehead atoms. The van der Waals surface area contributed by atoms with E-state index >= 15 is 0 Å². The SMILES string of the molecule is CCC1(CC)OCCN=C1N. The van der Waals surface area contributed by atoms with E-state index in [1.165, 1.54) is 0 Å². The fourth-order valence-electron chi connectivity index (χ4n) is 1.44. The van der Waals surface area contributed by atoms with E-state index in [0.29, 0.717) is 19.0 Å². The highest BCUT2D eigenvalue weighted by atomic mass is 16.5. The second-order valence-corrected chi connectivity index (χ2v) is 2.82. The quantitative estimate of drug-likeness (QED) is 0.646. The first kappa shape index (κ1) is 8.53. The van der Waals surface area contributed by atoms with Gasteiger partial charge in [-0.3, -0.25) is 4.99 Å². The highest BCUT2D eigenvalue weighted by Crippen LogP contribution is 2.22. The lowest BCUT2D eigenvalue weighted by atomic mass is 9.95. The van der Waals surface area contributed by atoms with Gasteiger partial charge in [-0.2, -0.15) is 0 Å². The molecule has 1 heterocycles. The van der Waals surface area contributed by atoms with Crippen molar-refractivity contribution in [2.45, 2.75) is 32.3 Å². The van der Waals surface area contributed by atoms with Crippen molar-refractivity contribution in [3.63, 3.8) is 0 Å². The summed E-state index contributed by atoms with van der Waals surface area (Å²) in [5.41, 5.74) is 5.51. The van der Waals surface area contributed by atoms with Gasteiger partial charge < -0.3 is 10.5 Å². The average molecular weight is 156 g/mol. The van der Waals surface area contributed by atoms with E-state index in [4.69, 9.17) is 10.5 Å². The summed E-state index contributed by atoms with van der Waals surface area (Å²) in [6.45, 7) is 5.59. The predicted molar refractivity (Wildman–Crippen MR) is 45.8 cm³/mol. The van der Waals surface area contributed by atoms with Crippen LogP contribution in [0.25, 0.3) is 0 Å². The van der Waals surface area contributed by atoms with Crippen molar-refractivity contribution in [1.82, 2.24) is 0 Å². The Kier molecular flexibility index (Phi) is 2.49. The van der Waals surface area contributed by atoms with Crippen LogP contribution < -0.4 is 5.73 Å². The van der Waals surface area contributed by atoms with Crippen LogP contribution in [-0.2, 0) is 4.74 Å². The van der Waals surface area contributed by atoms with Crippen LogP contribution in [0.2, 0.25) is 0 Å². The Morgan fingerprint density at radius 2 is 2.18 bits per heavy atom.